The molecule has 1 aromatic carbocycles. The van der Waals surface area contributed by atoms with Crippen LogP contribution in [0.3, 0.4) is 0 Å². The number of aromatic nitrogens is 3. The molecule has 1 aliphatic heterocycles. The van der Waals surface area contributed by atoms with Gasteiger partial charge < -0.3 is 11.1 Å². The fraction of sp³-hybridized carbons (Fsp3) is 0.438. The number of benzene rings is 1. The topological polar surface area (TPSA) is 111 Å². The van der Waals surface area contributed by atoms with Crippen LogP contribution in [0.5, 0.6) is 0 Å². The minimum absolute atomic E-state index is 0.109. The second-order valence-corrected chi connectivity index (χ2v) is 9.45. The third-order valence-corrected chi connectivity index (χ3v) is 7.16. The lowest BCUT2D eigenvalue weighted by Gasteiger charge is -2.09. The molecule has 1 saturated heterocycles. The minimum atomic E-state index is -2.87. The fourth-order valence-corrected chi connectivity index (χ4v) is 6.13. The number of sulfone groups is 1. The summed E-state index contributed by atoms with van der Waals surface area (Å²) in [5, 5.41) is 3.28. The standard InChI is InChI=1S/C16H21N5O2S2/c17-15-19-14(10-24-13-7-9-25(22,23)11-13)20-16(21-15)18-8-6-12-4-2-1-3-5-12/h1-5,13H,6-11H2,(H3,17,18,19,20,21). The highest BCUT2D eigenvalue weighted by Crippen LogP contribution is 2.26. The van der Waals surface area contributed by atoms with Crippen LogP contribution in [0.4, 0.5) is 11.9 Å². The maximum absolute atomic E-state index is 11.5. The molecule has 0 amide bonds. The minimum Gasteiger partial charge on any atom is -0.368 e. The average molecular weight is 380 g/mol. The second-order valence-electron chi connectivity index (χ2n) is 5.93. The molecule has 25 heavy (non-hydrogen) atoms. The van der Waals surface area contributed by atoms with E-state index in [0.717, 1.165) is 6.42 Å². The first-order chi connectivity index (χ1) is 12.0. The molecule has 1 aromatic heterocycles. The Morgan fingerprint density at radius 1 is 1.20 bits per heavy atom. The van der Waals surface area contributed by atoms with E-state index in [1.807, 2.05) is 18.2 Å². The molecule has 0 bridgehead atoms. The van der Waals surface area contributed by atoms with E-state index in [9.17, 15) is 8.42 Å². The van der Waals surface area contributed by atoms with E-state index in [0.29, 0.717) is 30.5 Å². The molecule has 0 aliphatic carbocycles. The Kier molecular flexibility index (Phi) is 5.74. The number of nitrogen functional groups attached to an aromatic ring is 1. The number of thioether (sulfide) groups is 1. The summed E-state index contributed by atoms with van der Waals surface area (Å²) in [6.07, 6.45) is 1.55. The van der Waals surface area contributed by atoms with Crippen molar-refractivity contribution in [2.75, 3.05) is 29.1 Å². The summed E-state index contributed by atoms with van der Waals surface area (Å²) < 4.78 is 23.0. The molecule has 2 heterocycles. The lowest BCUT2D eigenvalue weighted by Crippen LogP contribution is -2.12. The first-order valence-electron chi connectivity index (χ1n) is 8.10. The zero-order valence-electron chi connectivity index (χ0n) is 13.8. The number of nitrogens with two attached hydrogens (primary N) is 1. The Morgan fingerprint density at radius 2 is 2.00 bits per heavy atom. The van der Waals surface area contributed by atoms with E-state index in [2.05, 4.69) is 32.4 Å². The number of hydrogen-bond acceptors (Lipinski definition) is 8. The van der Waals surface area contributed by atoms with Gasteiger partial charge in [0, 0.05) is 11.8 Å². The van der Waals surface area contributed by atoms with Gasteiger partial charge in [0.2, 0.25) is 11.9 Å². The molecule has 1 fully saturated rings. The monoisotopic (exact) mass is 379 g/mol. The van der Waals surface area contributed by atoms with Crippen molar-refractivity contribution in [1.82, 2.24) is 15.0 Å². The molecule has 0 saturated carbocycles. The first-order valence-corrected chi connectivity index (χ1v) is 11.0. The van der Waals surface area contributed by atoms with Crippen molar-refractivity contribution in [3.8, 4) is 0 Å². The Labute approximate surface area is 151 Å². The summed E-state index contributed by atoms with van der Waals surface area (Å²) in [5.41, 5.74) is 6.99. The van der Waals surface area contributed by atoms with Crippen LogP contribution in [-0.4, -0.2) is 46.7 Å². The molecular formula is C16H21N5O2S2. The summed E-state index contributed by atoms with van der Waals surface area (Å²) in [7, 11) is -2.87. The number of rotatable bonds is 7. The van der Waals surface area contributed by atoms with Crippen LogP contribution in [0, 0.1) is 0 Å². The van der Waals surface area contributed by atoms with Gasteiger partial charge in [-0.2, -0.15) is 15.0 Å². The molecule has 3 rings (SSSR count). The van der Waals surface area contributed by atoms with E-state index in [-0.39, 0.29) is 22.7 Å². The Bertz CT molecular complexity index is 815. The number of nitrogens with zero attached hydrogens (tertiary/aromatic N) is 3. The summed E-state index contributed by atoms with van der Waals surface area (Å²) in [5.74, 6) is 2.24. The quantitative estimate of drug-likeness (QED) is 0.745. The largest absolute Gasteiger partial charge is 0.368 e. The number of anilines is 2. The van der Waals surface area contributed by atoms with Crippen LogP contribution in [0.1, 0.15) is 17.8 Å². The predicted octanol–water partition coefficient (Wildman–Crippen LogP) is 1.53. The van der Waals surface area contributed by atoms with Gasteiger partial charge >= 0.3 is 0 Å². The molecule has 2 aromatic rings. The highest BCUT2D eigenvalue weighted by molar-refractivity contribution is 8.01. The molecule has 1 aliphatic rings. The van der Waals surface area contributed by atoms with Gasteiger partial charge in [-0.15, -0.1) is 11.8 Å². The third kappa shape index (κ3) is 5.57. The maximum atomic E-state index is 11.5. The second kappa shape index (κ2) is 8.01. The molecule has 0 radical (unpaired) electrons. The fourth-order valence-electron chi connectivity index (χ4n) is 2.63. The third-order valence-electron chi connectivity index (χ3n) is 3.88. The molecule has 9 heteroatoms. The first kappa shape index (κ1) is 17.9. The van der Waals surface area contributed by atoms with E-state index >= 15 is 0 Å². The van der Waals surface area contributed by atoms with Crippen molar-refractivity contribution in [3.63, 3.8) is 0 Å². The highest BCUT2D eigenvalue weighted by atomic mass is 32.2. The van der Waals surface area contributed by atoms with E-state index in [1.165, 1.54) is 5.56 Å². The van der Waals surface area contributed by atoms with Crippen molar-refractivity contribution in [2.24, 2.45) is 0 Å². The molecule has 1 unspecified atom stereocenters. The molecule has 7 nitrogen and oxygen atoms in total. The Hall–Kier alpha value is -1.87. The molecule has 3 N–H and O–H groups in total. The van der Waals surface area contributed by atoms with Gasteiger partial charge in [-0.05, 0) is 18.4 Å². The van der Waals surface area contributed by atoms with Crippen LogP contribution in [0.15, 0.2) is 30.3 Å². The van der Waals surface area contributed by atoms with E-state index < -0.39 is 9.84 Å². The zero-order valence-corrected chi connectivity index (χ0v) is 15.4. The normalized spacial score (nSPS) is 19.0. The predicted molar refractivity (Wildman–Crippen MR) is 101 cm³/mol. The molecule has 134 valence electrons. The van der Waals surface area contributed by atoms with Gasteiger partial charge in [0.1, 0.15) is 5.82 Å². The van der Waals surface area contributed by atoms with Crippen LogP contribution < -0.4 is 11.1 Å². The molecule has 1 atom stereocenters. The van der Waals surface area contributed by atoms with Crippen LogP contribution in [0.25, 0.3) is 0 Å². The van der Waals surface area contributed by atoms with Gasteiger partial charge in [-0.25, -0.2) is 8.42 Å². The summed E-state index contributed by atoms with van der Waals surface area (Å²) in [6.45, 7) is 0.695. The van der Waals surface area contributed by atoms with Gasteiger partial charge in [-0.3, -0.25) is 0 Å². The van der Waals surface area contributed by atoms with Crippen molar-refractivity contribution in [3.05, 3.63) is 41.7 Å². The van der Waals surface area contributed by atoms with Gasteiger partial charge in [0.05, 0.1) is 17.3 Å². The smallest absolute Gasteiger partial charge is 0.227 e. The van der Waals surface area contributed by atoms with E-state index in [4.69, 9.17) is 5.73 Å². The molecule has 0 spiro atoms. The number of nitrogens with one attached hydrogen (secondary N) is 1. The van der Waals surface area contributed by atoms with Gasteiger partial charge in [0.15, 0.2) is 9.84 Å². The SMILES string of the molecule is Nc1nc(CSC2CCS(=O)(=O)C2)nc(NCCc2ccccc2)n1. The summed E-state index contributed by atoms with van der Waals surface area (Å²) in [4.78, 5) is 12.6. The number of hydrogen-bond donors (Lipinski definition) is 2. The van der Waals surface area contributed by atoms with E-state index in [1.54, 1.807) is 11.8 Å². The van der Waals surface area contributed by atoms with Crippen LogP contribution in [-0.2, 0) is 22.0 Å². The van der Waals surface area contributed by atoms with Crippen molar-refractivity contribution in [2.45, 2.75) is 23.8 Å². The van der Waals surface area contributed by atoms with Crippen molar-refractivity contribution < 1.29 is 8.42 Å². The lowest BCUT2D eigenvalue weighted by molar-refractivity contribution is 0.602. The van der Waals surface area contributed by atoms with Crippen LogP contribution in [0.2, 0.25) is 0 Å². The van der Waals surface area contributed by atoms with Crippen molar-refractivity contribution in [1.29, 1.82) is 0 Å². The van der Waals surface area contributed by atoms with Crippen LogP contribution >= 0.6 is 11.8 Å². The lowest BCUT2D eigenvalue weighted by atomic mass is 10.1. The average Bonchev–Trinajstić information content (AvgIpc) is 2.93. The maximum Gasteiger partial charge on any atom is 0.227 e. The molecular weight excluding hydrogens is 358 g/mol. The van der Waals surface area contributed by atoms with Gasteiger partial charge in [-0.1, -0.05) is 30.3 Å². The highest BCUT2D eigenvalue weighted by Gasteiger charge is 2.28. The summed E-state index contributed by atoms with van der Waals surface area (Å²) in [6, 6.07) is 10.1. The van der Waals surface area contributed by atoms with Crippen molar-refractivity contribution >= 4 is 33.5 Å². The zero-order chi connectivity index (χ0) is 17.7. The Morgan fingerprint density at radius 3 is 2.72 bits per heavy atom. The Balaban J connectivity index is 1.53. The summed E-state index contributed by atoms with van der Waals surface area (Å²) >= 11 is 1.56. The van der Waals surface area contributed by atoms with Gasteiger partial charge in [0.25, 0.3) is 0 Å².